The Bertz CT molecular complexity index is 975. The zero-order chi connectivity index (χ0) is 22.1. The smallest absolute Gasteiger partial charge is 0.253 e. The standard InChI is InChI=1S/C25H28N4O2/c1-29(18-21-13-20(14-26)15-28-16-21)25(31)23-9-7-19(8-10-23)11-12-27-17-24(30)22-5-3-2-4-6-22/h2-10,13,16,24,27-28,30H,11-12,15,17-18H2,1H3. The van der Waals surface area contributed by atoms with Crippen molar-refractivity contribution in [2.75, 3.05) is 33.2 Å². The first kappa shape index (κ1) is 22.3. The van der Waals surface area contributed by atoms with Gasteiger partial charge in [0, 0.05) is 44.0 Å². The van der Waals surface area contributed by atoms with Gasteiger partial charge in [0.15, 0.2) is 0 Å². The molecule has 2 aromatic carbocycles. The molecule has 1 amide bonds. The minimum atomic E-state index is -0.523. The highest BCUT2D eigenvalue weighted by atomic mass is 16.3. The fourth-order valence-corrected chi connectivity index (χ4v) is 3.42. The van der Waals surface area contributed by atoms with E-state index in [1.807, 2.05) is 66.9 Å². The van der Waals surface area contributed by atoms with Crippen LogP contribution >= 0.6 is 0 Å². The summed E-state index contributed by atoms with van der Waals surface area (Å²) in [6.45, 7) is 2.20. The highest BCUT2D eigenvalue weighted by Gasteiger charge is 2.14. The van der Waals surface area contributed by atoms with Crippen molar-refractivity contribution in [3.05, 3.63) is 94.7 Å². The number of likely N-dealkylation sites (N-methyl/N-ethyl adjacent to an activating group) is 1. The summed E-state index contributed by atoms with van der Waals surface area (Å²) in [7, 11) is 1.76. The normalized spacial score (nSPS) is 14.0. The Labute approximate surface area is 183 Å². The predicted octanol–water partition coefficient (Wildman–Crippen LogP) is 2.56. The summed E-state index contributed by atoms with van der Waals surface area (Å²) in [4.78, 5) is 14.3. The van der Waals surface area contributed by atoms with Crippen molar-refractivity contribution in [1.29, 1.82) is 5.26 Å². The molecule has 0 saturated carbocycles. The van der Waals surface area contributed by atoms with Gasteiger partial charge in [-0.05, 0) is 47.9 Å². The molecule has 1 unspecified atom stereocenters. The summed E-state index contributed by atoms with van der Waals surface area (Å²) >= 11 is 0. The Balaban J connectivity index is 1.45. The summed E-state index contributed by atoms with van der Waals surface area (Å²) in [6, 6.07) is 19.4. The summed E-state index contributed by atoms with van der Waals surface area (Å²) in [5, 5.41) is 25.5. The first-order valence-electron chi connectivity index (χ1n) is 10.4. The van der Waals surface area contributed by atoms with Gasteiger partial charge in [0.1, 0.15) is 0 Å². The lowest BCUT2D eigenvalue weighted by atomic mass is 10.1. The molecule has 1 aliphatic rings. The Morgan fingerprint density at radius 1 is 1.23 bits per heavy atom. The van der Waals surface area contributed by atoms with E-state index in [1.165, 1.54) is 0 Å². The maximum Gasteiger partial charge on any atom is 0.253 e. The van der Waals surface area contributed by atoms with Crippen molar-refractivity contribution in [3.63, 3.8) is 0 Å². The van der Waals surface area contributed by atoms with E-state index in [2.05, 4.69) is 16.7 Å². The molecular weight excluding hydrogens is 388 g/mol. The highest BCUT2D eigenvalue weighted by Crippen LogP contribution is 2.13. The van der Waals surface area contributed by atoms with Crippen LogP contribution in [0.5, 0.6) is 0 Å². The van der Waals surface area contributed by atoms with Crippen LogP contribution in [0, 0.1) is 11.3 Å². The molecule has 6 heteroatoms. The number of benzene rings is 2. The van der Waals surface area contributed by atoms with Crippen LogP contribution in [0.15, 0.2) is 78.0 Å². The molecule has 2 aromatic rings. The van der Waals surface area contributed by atoms with Crippen LogP contribution in [0.4, 0.5) is 0 Å². The van der Waals surface area contributed by atoms with Gasteiger partial charge in [-0.1, -0.05) is 42.5 Å². The van der Waals surface area contributed by atoms with Gasteiger partial charge in [-0.15, -0.1) is 0 Å². The largest absolute Gasteiger partial charge is 0.387 e. The average Bonchev–Trinajstić information content (AvgIpc) is 2.82. The van der Waals surface area contributed by atoms with Gasteiger partial charge in [0.05, 0.1) is 12.2 Å². The Kier molecular flexibility index (Phi) is 7.99. The number of hydrogen-bond acceptors (Lipinski definition) is 5. The van der Waals surface area contributed by atoms with Gasteiger partial charge >= 0.3 is 0 Å². The fourth-order valence-electron chi connectivity index (χ4n) is 3.42. The number of aliphatic hydroxyl groups excluding tert-OH is 1. The maximum atomic E-state index is 12.7. The van der Waals surface area contributed by atoms with E-state index < -0.39 is 6.10 Å². The molecule has 0 radical (unpaired) electrons. The molecule has 0 aromatic heterocycles. The quantitative estimate of drug-likeness (QED) is 0.547. The monoisotopic (exact) mass is 416 g/mol. The topological polar surface area (TPSA) is 88.4 Å². The van der Waals surface area contributed by atoms with E-state index in [-0.39, 0.29) is 5.91 Å². The second kappa shape index (κ2) is 11.1. The molecule has 1 atom stereocenters. The van der Waals surface area contributed by atoms with Gasteiger partial charge < -0.3 is 20.6 Å². The molecule has 31 heavy (non-hydrogen) atoms. The minimum absolute atomic E-state index is 0.0611. The molecule has 0 spiro atoms. The lowest BCUT2D eigenvalue weighted by Crippen LogP contribution is -2.30. The van der Waals surface area contributed by atoms with E-state index in [0.717, 1.165) is 29.7 Å². The van der Waals surface area contributed by atoms with Crippen molar-refractivity contribution < 1.29 is 9.90 Å². The molecule has 0 aliphatic carbocycles. The van der Waals surface area contributed by atoms with Gasteiger partial charge in [-0.3, -0.25) is 4.79 Å². The van der Waals surface area contributed by atoms with Crippen molar-refractivity contribution in [2.24, 2.45) is 0 Å². The lowest BCUT2D eigenvalue weighted by Gasteiger charge is -2.20. The van der Waals surface area contributed by atoms with Crippen LogP contribution in [0.25, 0.3) is 0 Å². The highest BCUT2D eigenvalue weighted by molar-refractivity contribution is 5.94. The zero-order valence-electron chi connectivity index (χ0n) is 17.7. The third-order valence-corrected chi connectivity index (χ3v) is 5.16. The summed E-state index contributed by atoms with van der Waals surface area (Å²) in [6.07, 6.45) is 3.96. The van der Waals surface area contributed by atoms with Crippen LogP contribution in [0.3, 0.4) is 0 Å². The minimum Gasteiger partial charge on any atom is -0.387 e. The van der Waals surface area contributed by atoms with Crippen molar-refractivity contribution in [1.82, 2.24) is 15.5 Å². The van der Waals surface area contributed by atoms with E-state index in [0.29, 0.717) is 30.8 Å². The number of carbonyl (C=O) groups is 1. The SMILES string of the molecule is CN(CC1=CNCC(C#N)=C1)C(=O)c1ccc(CCNCC(O)c2ccccc2)cc1. The summed E-state index contributed by atoms with van der Waals surface area (Å²) < 4.78 is 0. The third kappa shape index (κ3) is 6.54. The fraction of sp³-hybridized carbons (Fsp3) is 0.280. The number of aliphatic hydroxyl groups is 1. The van der Waals surface area contributed by atoms with E-state index in [9.17, 15) is 9.90 Å². The maximum absolute atomic E-state index is 12.7. The second-order valence-corrected chi connectivity index (χ2v) is 7.62. The van der Waals surface area contributed by atoms with Crippen LogP contribution in [-0.4, -0.2) is 49.1 Å². The van der Waals surface area contributed by atoms with E-state index >= 15 is 0 Å². The molecule has 1 heterocycles. The van der Waals surface area contributed by atoms with Crippen LogP contribution < -0.4 is 10.6 Å². The van der Waals surface area contributed by atoms with Crippen LogP contribution in [0.2, 0.25) is 0 Å². The Hall–Kier alpha value is -3.40. The van der Waals surface area contributed by atoms with Crippen LogP contribution in [0.1, 0.15) is 27.6 Å². The van der Waals surface area contributed by atoms with E-state index in [1.54, 1.807) is 11.9 Å². The molecule has 1 aliphatic heterocycles. The molecule has 0 fully saturated rings. The van der Waals surface area contributed by atoms with Crippen LogP contribution in [-0.2, 0) is 6.42 Å². The predicted molar refractivity (Wildman–Crippen MR) is 121 cm³/mol. The Morgan fingerprint density at radius 2 is 1.97 bits per heavy atom. The number of rotatable bonds is 9. The second-order valence-electron chi connectivity index (χ2n) is 7.62. The van der Waals surface area contributed by atoms with Crippen molar-refractivity contribution >= 4 is 5.91 Å². The number of carbonyl (C=O) groups excluding carboxylic acids is 1. The lowest BCUT2D eigenvalue weighted by molar-refractivity contribution is 0.0807. The van der Waals surface area contributed by atoms with Gasteiger partial charge in [-0.25, -0.2) is 0 Å². The first-order chi connectivity index (χ1) is 15.1. The third-order valence-electron chi connectivity index (χ3n) is 5.16. The number of dihydropyridines is 1. The van der Waals surface area contributed by atoms with E-state index in [4.69, 9.17) is 5.26 Å². The number of nitriles is 1. The first-order valence-corrected chi connectivity index (χ1v) is 10.4. The molecule has 0 saturated heterocycles. The van der Waals surface area contributed by atoms with Gasteiger partial charge in [0.25, 0.3) is 5.91 Å². The average molecular weight is 417 g/mol. The summed E-state index contributed by atoms with van der Waals surface area (Å²) in [5.74, 6) is -0.0611. The number of nitrogens with one attached hydrogen (secondary N) is 2. The Morgan fingerprint density at radius 3 is 2.68 bits per heavy atom. The number of amides is 1. The van der Waals surface area contributed by atoms with Gasteiger partial charge in [-0.2, -0.15) is 5.26 Å². The zero-order valence-corrected chi connectivity index (χ0v) is 17.7. The molecule has 3 N–H and O–H groups in total. The molecule has 3 rings (SSSR count). The number of hydrogen-bond donors (Lipinski definition) is 3. The molecule has 6 nitrogen and oxygen atoms in total. The van der Waals surface area contributed by atoms with Crippen molar-refractivity contribution in [3.8, 4) is 6.07 Å². The molecular formula is C25H28N4O2. The van der Waals surface area contributed by atoms with Gasteiger partial charge in [0.2, 0.25) is 0 Å². The molecule has 160 valence electrons. The number of nitrogens with zero attached hydrogens (tertiary/aromatic N) is 2. The molecule has 0 bridgehead atoms. The summed E-state index contributed by atoms with van der Waals surface area (Å²) in [5.41, 5.74) is 4.22. The van der Waals surface area contributed by atoms with Crippen molar-refractivity contribution in [2.45, 2.75) is 12.5 Å².